The van der Waals surface area contributed by atoms with Gasteiger partial charge in [0.05, 0.1) is 25.2 Å². The minimum absolute atomic E-state index is 0.284. The lowest BCUT2D eigenvalue weighted by Crippen LogP contribution is -2.53. The van der Waals surface area contributed by atoms with Crippen molar-refractivity contribution in [3.05, 3.63) is 12.2 Å². The standard InChI is InChI=1S/C24H48O3/c1-7-12-14-15-16-17-19-23(6,18-13-8-2)24(25-20-9-3,26-21-10-4)27-22-11-5/h13,18H,7-12,14-17,19-22H2,1-6H3. The molecule has 0 spiro atoms. The second-order valence-electron chi connectivity index (χ2n) is 7.85. The quantitative estimate of drug-likeness (QED) is 0.130. The largest absolute Gasteiger partial charge is 0.327 e. The van der Waals surface area contributed by atoms with Crippen molar-refractivity contribution in [2.45, 2.75) is 118 Å². The van der Waals surface area contributed by atoms with Gasteiger partial charge in [0.1, 0.15) is 0 Å². The number of allylic oxidation sites excluding steroid dienone is 1. The molecule has 0 N–H and O–H groups in total. The molecule has 0 saturated heterocycles. The van der Waals surface area contributed by atoms with Gasteiger partial charge in [-0.25, -0.2) is 0 Å². The lowest BCUT2D eigenvalue weighted by atomic mass is 9.80. The highest BCUT2D eigenvalue weighted by Crippen LogP contribution is 2.43. The molecule has 0 radical (unpaired) electrons. The number of ether oxygens (including phenoxy) is 3. The molecule has 27 heavy (non-hydrogen) atoms. The molecule has 0 rings (SSSR count). The van der Waals surface area contributed by atoms with Crippen LogP contribution < -0.4 is 0 Å². The molecular weight excluding hydrogens is 336 g/mol. The first kappa shape index (κ1) is 26.6. The molecule has 0 aromatic rings. The summed E-state index contributed by atoms with van der Waals surface area (Å²) in [6.07, 6.45) is 17.2. The Bertz CT molecular complexity index is 332. The number of hydrogen-bond acceptors (Lipinski definition) is 3. The van der Waals surface area contributed by atoms with Crippen molar-refractivity contribution in [2.75, 3.05) is 19.8 Å². The first-order chi connectivity index (χ1) is 13.1. The van der Waals surface area contributed by atoms with Crippen molar-refractivity contribution in [2.24, 2.45) is 5.41 Å². The average Bonchev–Trinajstić information content (AvgIpc) is 2.68. The molecule has 3 heteroatoms. The lowest BCUT2D eigenvalue weighted by Gasteiger charge is -2.45. The van der Waals surface area contributed by atoms with Crippen LogP contribution >= 0.6 is 0 Å². The van der Waals surface area contributed by atoms with Gasteiger partial charge in [0.15, 0.2) is 0 Å². The van der Waals surface area contributed by atoms with E-state index in [1.54, 1.807) is 0 Å². The Labute approximate surface area is 170 Å². The third-order valence-electron chi connectivity index (χ3n) is 4.96. The summed E-state index contributed by atoms with van der Waals surface area (Å²) in [7, 11) is 0. The van der Waals surface area contributed by atoms with Gasteiger partial charge < -0.3 is 14.2 Å². The molecule has 0 aromatic carbocycles. The molecule has 1 unspecified atom stereocenters. The minimum atomic E-state index is -0.982. The zero-order chi connectivity index (χ0) is 20.4. The zero-order valence-electron chi connectivity index (χ0n) is 19.3. The van der Waals surface area contributed by atoms with Crippen LogP contribution in [0.2, 0.25) is 0 Å². The molecule has 1 atom stereocenters. The maximum absolute atomic E-state index is 6.35. The molecular formula is C24H48O3. The first-order valence-corrected chi connectivity index (χ1v) is 11.6. The van der Waals surface area contributed by atoms with Crippen LogP contribution in [0.25, 0.3) is 0 Å². The van der Waals surface area contributed by atoms with Crippen LogP contribution in [0.4, 0.5) is 0 Å². The van der Waals surface area contributed by atoms with Gasteiger partial charge in [-0.3, -0.25) is 0 Å². The van der Waals surface area contributed by atoms with Crippen LogP contribution in [-0.4, -0.2) is 25.8 Å². The smallest absolute Gasteiger partial charge is 0.292 e. The van der Waals surface area contributed by atoms with Crippen LogP contribution in [0, 0.1) is 5.41 Å². The molecule has 0 bridgehead atoms. The summed E-state index contributed by atoms with van der Waals surface area (Å²) < 4.78 is 19.0. The highest BCUT2D eigenvalue weighted by Gasteiger charge is 2.50. The average molecular weight is 385 g/mol. The molecule has 3 nitrogen and oxygen atoms in total. The topological polar surface area (TPSA) is 27.7 Å². The monoisotopic (exact) mass is 384 g/mol. The predicted molar refractivity (Wildman–Crippen MR) is 117 cm³/mol. The third kappa shape index (κ3) is 10.1. The SMILES string of the molecule is CCC=CC(C)(CCCCCCCC)C(OCCC)(OCCC)OCCC. The maximum atomic E-state index is 6.35. The van der Waals surface area contributed by atoms with Crippen LogP contribution in [0.15, 0.2) is 12.2 Å². The molecule has 0 aliphatic heterocycles. The van der Waals surface area contributed by atoms with Gasteiger partial charge in [-0.15, -0.1) is 0 Å². The van der Waals surface area contributed by atoms with Gasteiger partial charge in [-0.1, -0.05) is 85.3 Å². The Hall–Kier alpha value is -0.380. The Morgan fingerprint density at radius 3 is 1.56 bits per heavy atom. The molecule has 0 aromatic heterocycles. The van der Waals surface area contributed by atoms with Crippen LogP contribution in [0.5, 0.6) is 0 Å². The van der Waals surface area contributed by atoms with Gasteiger partial charge in [-0.05, 0) is 39.0 Å². The summed E-state index contributed by atoms with van der Waals surface area (Å²) >= 11 is 0. The van der Waals surface area contributed by atoms with Crippen LogP contribution in [0.3, 0.4) is 0 Å². The van der Waals surface area contributed by atoms with Gasteiger partial charge in [-0.2, -0.15) is 0 Å². The molecule has 0 amide bonds. The predicted octanol–water partition coefficient (Wildman–Crippen LogP) is 7.64. The fourth-order valence-electron chi connectivity index (χ4n) is 3.32. The van der Waals surface area contributed by atoms with E-state index in [1.165, 1.54) is 38.5 Å². The summed E-state index contributed by atoms with van der Waals surface area (Å²) in [6.45, 7) is 15.1. The highest BCUT2D eigenvalue weighted by molar-refractivity contribution is 5.03. The molecule has 0 aliphatic rings. The van der Waals surface area contributed by atoms with Crippen molar-refractivity contribution < 1.29 is 14.2 Å². The third-order valence-corrected chi connectivity index (χ3v) is 4.96. The molecule has 0 fully saturated rings. The molecule has 0 saturated carbocycles. The van der Waals surface area contributed by atoms with E-state index in [0.29, 0.717) is 19.8 Å². The Balaban J connectivity index is 5.40. The van der Waals surface area contributed by atoms with Crippen LogP contribution in [0.1, 0.15) is 112 Å². The Kier molecular flexibility index (Phi) is 16.3. The second-order valence-corrected chi connectivity index (χ2v) is 7.85. The van der Waals surface area contributed by atoms with E-state index in [2.05, 4.69) is 53.7 Å². The van der Waals surface area contributed by atoms with Crippen molar-refractivity contribution in [3.63, 3.8) is 0 Å². The van der Waals surface area contributed by atoms with E-state index in [9.17, 15) is 0 Å². The van der Waals surface area contributed by atoms with Crippen molar-refractivity contribution >= 4 is 0 Å². The van der Waals surface area contributed by atoms with Crippen molar-refractivity contribution in [1.29, 1.82) is 0 Å². The second kappa shape index (κ2) is 16.6. The van der Waals surface area contributed by atoms with Gasteiger partial charge in [0.2, 0.25) is 0 Å². The number of rotatable bonds is 19. The summed E-state index contributed by atoms with van der Waals surface area (Å²) in [5.74, 6) is -0.982. The summed E-state index contributed by atoms with van der Waals surface area (Å²) in [4.78, 5) is 0. The Morgan fingerprint density at radius 2 is 1.11 bits per heavy atom. The zero-order valence-corrected chi connectivity index (χ0v) is 19.3. The molecule has 0 aliphatic carbocycles. The van der Waals surface area contributed by atoms with E-state index in [1.807, 2.05) is 0 Å². The summed E-state index contributed by atoms with van der Waals surface area (Å²) in [5, 5.41) is 0. The van der Waals surface area contributed by atoms with E-state index in [-0.39, 0.29) is 5.41 Å². The fourth-order valence-corrected chi connectivity index (χ4v) is 3.32. The highest BCUT2D eigenvalue weighted by atomic mass is 16.9. The Morgan fingerprint density at radius 1 is 0.630 bits per heavy atom. The summed E-state index contributed by atoms with van der Waals surface area (Å²) in [6, 6.07) is 0. The van der Waals surface area contributed by atoms with E-state index in [4.69, 9.17) is 14.2 Å². The number of hydrogen-bond donors (Lipinski definition) is 0. The van der Waals surface area contributed by atoms with Crippen LogP contribution in [-0.2, 0) is 14.2 Å². The van der Waals surface area contributed by atoms with Crippen molar-refractivity contribution in [3.8, 4) is 0 Å². The molecule has 162 valence electrons. The van der Waals surface area contributed by atoms with Gasteiger partial charge in [0.25, 0.3) is 5.97 Å². The maximum Gasteiger partial charge on any atom is 0.292 e. The first-order valence-electron chi connectivity index (χ1n) is 11.6. The van der Waals surface area contributed by atoms with E-state index < -0.39 is 5.97 Å². The fraction of sp³-hybridized carbons (Fsp3) is 0.917. The van der Waals surface area contributed by atoms with E-state index >= 15 is 0 Å². The number of unbranched alkanes of at least 4 members (excludes halogenated alkanes) is 5. The minimum Gasteiger partial charge on any atom is -0.327 e. The molecule has 0 heterocycles. The van der Waals surface area contributed by atoms with Gasteiger partial charge >= 0.3 is 0 Å². The normalized spacial score (nSPS) is 14.7. The lowest BCUT2D eigenvalue weighted by molar-refractivity contribution is -0.420. The van der Waals surface area contributed by atoms with Crippen molar-refractivity contribution in [1.82, 2.24) is 0 Å². The van der Waals surface area contributed by atoms with E-state index in [0.717, 1.165) is 32.1 Å². The van der Waals surface area contributed by atoms with Gasteiger partial charge in [0, 0.05) is 0 Å². The summed E-state index contributed by atoms with van der Waals surface area (Å²) in [5.41, 5.74) is -0.284.